The van der Waals surface area contributed by atoms with Gasteiger partial charge in [-0.3, -0.25) is 9.69 Å². The maximum Gasteiger partial charge on any atom is 0.253 e. The highest BCUT2D eigenvalue weighted by Crippen LogP contribution is 2.39. The standard InChI is InChI=1S/C22H25FN2O2/c23-20-8-4-5-18(17-20)21(26)24-11-9-22(10-12-24,19-6-2-1-3-7-19)25-13-15-27-16-14-25/h1-8,17H,9-16H2. The molecule has 2 heterocycles. The molecule has 0 saturated carbocycles. The molecule has 2 aromatic rings. The fraction of sp³-hybridized carbons (Fsp3) is 0.409. The Balaban J connectivity index is 1.55. The van der Waals surface area contributed by atoms with Crippen molar-refractivity contribution in [3.63, 3.8) is 0 Å². The predicted molar refractivity (Wildman–Crippen MR) is 102 cm³/mol. The van der Waals surface area contributed by atoms with Crippen molar-refractivity contribution in [1.29, 1.82) is 0 Å². The van der Waals surface area contributed by atoms with Crippen molar-refractivity contribution in [2.75, 3.05) is 39.4 Å². The molecule has 2 aliphatic rings. The van der Waals surface area contributed by atoms with Gasteiger partial charge in [0.25, 0.3) is 5.91 Å². The van der Waals surface area contributed by atoms with Crippen LogP contribution in [-0.4, -0.2) is 55.1 Å². The molecule has 0 aliphatic carbocycles. The average Bonchev–Trinajstić information content (AvgIpc) is 2.74. The summed E-state index contributed by atoms with van der Waals surface area (Å²) in [5, 5.41) is 0. The SMILES string of the molecule is O=C(c1cccc(F)c1)N1CCC(c2ccccc2)(N2CCOCC2)CC1. The molecule has 0 unspecified atom stereocenters. The Morgan fingerprint density at radius 1 is 0.926 bits per heavy atom. The molecule has 4 nitrogen and oxygen atoms in total. The van der Waals surface area contributed by atoms with Crippen LogP contribution in [0.25, 0.3) is 0 Å². The molecule has 2 fully saturated rings. The van der Waals surface area contributed by atoms with Gasteiger partial charge in [-0.25, -0.2) is 4.39 Å². The van der Waals surface area contributed by atoms with Crippen molar-refractivity contribution in [2.24, 2.45) is 0 Å². The number of likely N-dealkylation sites (tertiary alicyclic amines) is 1. The molecule has 2 aromatic carbocycles. The van der Waals surface area contributed by atoms with Crippen LogP contribution in [0.15, 0.2) is 54.6 Å². The number of carbonyl (C=O) groups is 1. The minimum atomic E-state index is -0.371. The summed E-state index contributed by atoms with van der Waals surface area (Å²) >= 11 is 0. The van der Waals surface area contributed by atoms with Gasteiger partial charge in [0.05, 0.1) is 13.2 Å². The summed E-state index contributed by atoms with van der Waals surface area (Å²) in [6.45, 7) is 4.66. The van der Waals surface area contributed by atoms with Gasteiger partial charge >= 0.3 is 0 Å². The lowest BCUT2D eigenvalue weighted by atomic mass is 9.79. The topological polar surface area (TPSA) is 32.8 Å². The quantitative estimate of drug-likeness (QED) is 0.833. The van der Waals surface area contributed by atoms with E-state index in [1.54, 1.807) is 12.1 Å². The lowest BCUT2D eigenvalue weighted by Crippen LogP contribution is -2.57. The van der Waals surface area contributed by atoms with E-state index in [4.69, 9.17) is 4.74 Å². The van der Waals surface area contributed by atoms with Crippen LogP contribution in [0.1, 0.15) is 28.8 Å². The van der Waals surface area contributed by atoms with Gasteiger partial charge in [0, 0.05) is 37.3 Å². The third-order valence-electron chi connectivity index (χ3n) is 5.88. The van der Waals surface area contributed by atoms with Crippen molar-refractivity contribution in [2.45, 2.75) is 18.4 Å². The zero-order valence-corrected chi connectivity index (χ0v) is 15.4. The second-order valence-corrected chi connectivity index (χ2v) is 7.30. The number of hydrogen-bond donors (Lipinski definition) is 0. The Morgan fingerprint density at radius 3 is 2.30 bits per heavy atom. The molecule has 2 saturated heterocycles. The van der Waals surface area contributed by atoms with Crippen LogP contribution >= 0.6 is 0 Å². The van der Waals surface area contributed by atoms with Gasteiger partial charge in [0.2, 0.25) is 0 Å². The number of amides is 1. The van der Waals surface area contributed by atoms with E-state index in [-0.39, 0.29) is 17.3 Å². The highest BCUT2D eigenvalue weighted by atomic mass is 19.1. The molecule has 142 valence electrons. The summed E-state index contributed by atoms with van der Waals surface area (Å²) < 4.78 is 19.1. The first-order valence-corrected chi connectivity index (χ1v) is 9.62. The van der Waals surface area contributed by atoms with Crippen molar-refractivity contribution in [1.82, 2.24) is 9.80 Å². The van der Waals surface area contributed by atoms with Gasteiger partial charge in [-0.05, 0) is 36.6 Å². The summed E-state index contributed by atoms with van der Waals surface area (Å²) in [6, 6.07) is 16.6. The average molecular weight is 368 g/mol. The number of carbonyl (C=O) groups excluding carboxylic acids is 1. The Hall–Kier alpha value is -2.24. The Labute approximate surface area is 159 Å². The Bertz CT molecular complexity index is 782. The summed E-state index contributed by atoms with van der Waals surface area (Å²) in [5.74, 6) is -0.456. The first-order valence-electron chi connectivity index (χ1n) is 9.62. The van der Waals surface area contributed by atoms with Gasteiger partial charge in [-0.2, -0.15) is 0 Å². The maximum absolute atomic E-state index is 13.5. The van der Waals surface area contributed by atoms with Crippen LogP contribution in [0.3, 0.4) is 0 Å². The molecule has 0 radical (unpaired) electrons. The van der Waals surface area contributed by atoms with Crippen molar-refractivity contribution < 1.29 is 13.9 Å². The molecule has 1 amide bonds. The summed E-state index contributed by atoms with van der Waals surface area (Å²) in [5.41, 5.74) is 1.67. The van der Waals surface area contributed by atoms with E-state index in [0.29, 0.717) is 18.7 Å². The van der Waals surface area contributed by atoms with Crippen molar-refractivity contribution in [3.05, 3.63) is 71.5 Å². The van der Waals surface area contributed by atoms with Crippen LogP contribution < -0.4 is 0 Å². The fourth-order valence-corrected chi connectivity index (χ4v) is 4.41. The molecule has 0 spiro atoms. The van der Waals surface area contributed by atoms with Gasteiger partial charge in [0.15, 0.2) is 0 Å². The Morgan fingerprint density at radius 2 is 1.63 bits per heavy atom. The number of morpholine rings is 1. The molecule has 0 N–H and O–H groups in total. The highest BCUT2D eigenvalue weighted by Gasteiger charge is 2.42. The van der Waals surface area contributed by atoms with E-state index in [2.05, 4.69) is 29.2 Å². The third-order valence-corrected chi connectivity index (χ3v) is 5.88. The van der Waals surface area contributed by atoms with Gasteiger partial charge in [0.1, 0.15) is 5.82 Å². The molecule has 4 rings (SSSR count). The predicted octanol–water partition coefficient (Wildman–Crippen LogP) is 3.29. The summed E-state index contributed by atoms with van der Waals surface area (Å²) in [7, 11) is 0. The molecular weight excluding hydrogens is 343 g/mol. The van der Waals surface area contributed by atoms with E-state index in [0.717, 1.165) is 39.1 Å². The van der Waals surface area contributed by atoms with Gasteiger partial charge < -0.3 is 9.64 Å². The maximum atomic E-state index is 13.5. The van der Waals surface area contributed by atoms with Crippen molar-refractivity contribution in [3.8, 4) is 0 Å². The number of halogens is 1. The largest absolute Gasteiger partial charge is 0.379 e. The smallest absolute Gasteiger partial charge is 0.253 e. The summed E-state index contributed by atoms with van der Waals surface area (Å²) in [4.78, 5) is 17.2. The lowest BCUT2D eigenvalue weighted by molar-refractivity contribution is -0.0482. The van der Waals surface area contributed by atoms with Crippen LogP contribution in [0.4, 0.5) is 4.39 Å². The van der Waals surface area contributed by atoms with E-state index >= 15 is 0 Å². The third kappa shape index (κ3) is 3.62. The van der Waals surface area contributed by atoms with Crippen LogP contribution in [-0.2, 0) is 10.3 Å². The highest BCUT2D eigenvalue weighted by molar-refractivity contribution is 5.94. The number of hydrogen-bond acceptors (Lipinski definition) is 3. The molecule has 0 aromatic heterocycles. The van der Waals surface area contributed by atoms with Crippen LogP contribution in [0, 0.1) is 5.82 Å². The molecular formula is C22H25FN2O2. The van der Waals surface area contributed by atoms with Crippen LogP contribution in [0.5, 0.6) is 0 Å². The number of benzene rings is 2. The first-order chi connectivity index (χ1) is 13.2. The zero-order valence-electron chi connectivity index (χ0n) is 15.4. The van der Waals surface area contributed by atoms with E-state index < -0.39 is 0 Å². The van der Waals surface area contributed by atoms with E-state index in [9.17, 15) is 9.18 Å². The zero-order chi connectivity index (χ0) is 18.7. The van der Waals surface area contributed by atoms with Gasteiger partial charge in [-0.15, -0.1) is 0 Å². The fourth-order valence-electron chi connectivity index (χ4n) is 4.41. The second kappa shape index (κ2) is 7.79. The number of rotatable bonds is 3. The normalized spacial score (nSPS) is 20.4. The first kappa shape index (κ1) is 18.1. The number of ether oxygens (including phenoxy) is 1. The minimum Gasteiger partial charge on any atom is -0.379 e. The summed E-state index contributed by atoms with van der Waals surface area (Å²) in [6.07, 6.45) is 1.75. The molecule has 5 heteroatoms. The van der Waals surface area contributed by atoms with E-state index in [1.165, 1.54) is 17.7 Å². The number of nitrogens with zero attached hydrogens (tertiary/aromatic N) is 2. The molecule has 2 aliphatic heterocycles. The van der Waals surface area contributed by atoms with Crippen molar-refractivity contribution >= 4 is 5.91 Å². The molecule has 0 bridgehead atoms. The minimum absolute atomic E-state index is 0.0657. The number of piperidine rings is 1. The lowest BCUT2D eigenvalue weighted by Gasteiger charge is -2.50. The van der Waals surface area contributed by atoms with Crippen LogP contribution in [0.2, 0.25) is 0 Å². The molecule has 0 atom stereocenters. The second-order valence-electron chi connectivity index (χ2n) is 7.30. The monoisotopic (exact) mass is 368 g/mol. The van der Waals surface area contributed by atoms with E-state index in [1.807, 2.05) is 11.0 Å². The van der Waals surface area contributed by atoms with Gasteiger partial charge in [-0.1, -0.05) is 36.4 Å². The molecule has 27 heavy (non-hydrogen) atoms. The Kier molecular flexibility index (Phi) is 5.23.